The molecule has 0 bridgehead atoms. The van der Waals surface area contributed by atoms with Gasteiger partial charge < -0.3 is 24.3 Å². The van der Waals surface area contributed by atoms with Crippen molar-refractivity contribution in [1.29, 1.82) is 0 Å². The van der Waals surface area contributed by atoms with E-state index in [1.165, 1.54) is 0 Å². The summed E-state index contributed by atoms with van der Waals surface area (Å²) in [6, 6.07) is 7.65. The maximum absolute atomic E-state index is 12.6. The molecule has 2 aromatic rings. The number of benzene rings is 1. The Hall–Kier alpha value is -2.58. The van der Waals surface area contributed by atoms with Crippen molar-refractivity contribution in [3.05, 3.63) is 40.2 Å². The van der Waals surface area contributed by atoms with Crippen molar-refractivity contribution >= 4 is 16.9 Å². The van der Waals surface area contributed by atoms with Crippen molar-refractivity contribution in [2.24, 2.45) is 0 Å². The van der Waals surface area contributed by atoms with Crippen LogP contribution in [0.4, 0.5) is 4.79 Å². The highest BCUT2D eigenvalue weighted by Gasteiger charge is 2.26. The molecule has 28 heavy (non-hydrogen) atoms. The summed E-state index contributed by atoms with van der Waals surface area (Å²) in [4.78, 5) is 34.0. The van der Waals surface area contributed by atoms with Gasteiger partial charge in [-0.1, -0.05) is 0 Å². The number of aromatic nitrogens is 1. The van der Waals surface area contributed by atoms with Gasteiger partial charge in [-0.2, -0.15) is 0 Å². The van der Waals surface area contributed by atoms with Gasteiger partial charge in [-0.3, -0.25) is 9.69 Å². The molecule has 0 radical (unpaired) electrons. The molecule has 8 nitrogen and oxygen atoms in total. The van der Waals surface area contributed by atoms with Gasteiger partial charge in [0, 0.05) is 62.3 Å². The van der Waals surface area contributed by atoms with E-state index in [0.29, 0.717) is 45.9 Å². The van der Waals surface area contributed by atoms with Gasteiger partial charge in [0.2, 0.25) is 0 Å². The summed E-state index contributed by atoms with van der Waals surface area (Å²) in [6.45, 7) is 5.98. The van der Waals surface area contributed by atoms with Crippen LogP contribution in [-0.2, 0) is 11.3 Å². The maximum atomic E-state index is 12.6. The predicted molar refractivity (Wildman–Crippen MR) is 106 cm³/mol. The lowest BCUT2D eigenvalue weighted by Gasteiger charge is -2.38. The quantitative estimate of drug-likeness (QED) is 0.855. The molecule has 2 saturated heterocycles. The second-order valence-corrected chi connectivity index (χ2v) is 7.22. The number of hydrogen-bond acceptors (Lipinski definition) is 5. The van der Waals surface area contributed by atoms with Crippen LogP contribution in [-0.4, -0.2) is 85.3 Å². The van der Waals surface area contributed by atoms with E-state index in [9.17, 15) is 9.59 Å². The van der Waals surface area contributed by atoms with Crippen LogP contribution >= 0.6 is 0 Å². The first-order chi connectivity index (χ1) is 13.6. The second-order valence-electron chi connectivity index (χ2n) is 7.22. The molecular formula is C20H26N4O4. The Balaban J connectivity index is 1.39. The third-order valence-corrected chi connectivity index (χ3v) is 5.45. The number of piperazine rings is 1. The first-order valence-corrected chi connectivity index (χ1v) is 9.68. The minimum Gasteiger partial charge on any atom is -0.497 e. The molecule has 1 aromatic carbocycles. The van der Waals surface area contributed by atoms with Crippen LogP contribution < -0.4 is 10.3 Å². The Kier molecular flexibility index (Phi) is 5.50. The molecule has 2 fully saturated rings. The number of urea groups is 1. The van der Waals surface area contributed by atoms with Gasteiger partial charge in [0.1, 0.15) is 5.75 Å². The second kappa shape index (κ2) is 8.20. The Morgan fingerprint density at radius 1 is 1.07 bits per heavy atom. The van der Waals surface area contributed by atoms with Crippen LogP contribution in [0.25, 0.3) is 10.9 Å². The largest absolute Gasteiger partial charge is 0.497 e. The number of morpholine rings is 1. The maximum Gasteiger partial charge on any atom is 0.320 e. The number of methoxy groups -OCH3 is 1. The first kappa shape index (κ1) is 18.8. The molecule has 2 amide bonds. The molecule has 0 unspecified atom stereocenters. The van der Waals surface area contributed by atoms with Crippen molar-refractivity contribution < 1.29 is 14.3 Å². The van der Waals surface area contributed by atoms with Crippen LogP contribution in [0.3, 0.4) is 0 Å². The predicted octanol–water partition coefficient (Wildman–Crippen LogP) is 1.11. The Labute approximate surface area is 163 Å². The molecule has 3 heterocycles. The topological polar surface area (TPSA) is 78.1 Å². The number of fused-ring (bicyclic) bond motifs is 1. The number of rotatable bonds is 3. The molecule has 150 valence electrons. The van der Waals surface area contributed by atoms with E-state index in [4.69, 9.17) is 9.47 Å². The molecule has 0 saturated carbocycles. The fraction of sp³-hybridized carbons (Fsp3) is 0.500. The van der Waals surface area contributed by atoms with Gasteiger partial charge in [-0.25, -0.2) is 4.79 Å². The normalized spacial score (nSPS) is 18.5. The van der Waals surface area contributed by atoms with Crippen LogP contribution in [0.5, 0.6) is 5.75 Å². The fourth-order valence-electron chi connectivity index (χ4n) is 3.77. The Morgan fingerprint density at radius 2 is 1.79 bits per heavy atom. The summed E-state index contributed by atoms with van der Waals surface area (Å²) >= 11 is 0. The van der Waals surface area contributed by atoms with Gasteiger partial charge in [-0.05, 0) is 24.3 Å². The van der Waals surface area contributed by atoms with E-state index < -0.39 is 0 Å². The number of carbonyl (C=O) groups excluding carboxylic acids is 1. The molecule has 0 aliphatic carbocycles. The molecule has 0 spiro atoms. The highest BCUT2D eigenvalue weighted by Crippen LogP contribution is 2.19. The van der Waals surface area contributed by atoms with Crippen molar-refractivity contribution in [2.75, 3.05) is 59.6 Å². The number of hydrogen-bond donors (Lipinski definition) is 1. The van der Waals surface area contributed by atoms with E-state index in [0.717, 1.165) is 35.3 Å². The van der Waals surface area contributed by atoms with Crippen LogP contribution in [0.15, 0.2) is 29.1 Å². The van der Waals surface area contributed by atoms with Gasteiger partial charge in [-0.15, -0.1) is 0 Å². The van der Waals surface area contributed by atoms with Crippen LogP contribution in [0.1, 0.15) is 5.56 Å². The summed E-state index contributed by atoms with van der Waals surface area (Å²) in [5.74, 6) is 0.765. The van der Waals surface area contributed by atoms with Crippen molar-refractivity contribution in [1.82, 2.24) is 19.7 Å². The zero-order chi connectivity index (χ0) is 19.5. The van der Waals surface area contributed by atoms with Gasteiger partial charge >= 0.3 is 6.03 Å². The molecular weight excluding hydrogens is 360 g/mol. The summed E-state index contributed by atoms with van der Waals surface area (Å²) in [5.41, 5.74) is 1.47. The number of amides is 2. The van der Waals surface area contributed by atoms with Crippen molar-refractivity contribution in [2.45, 2.75) is 6.54 Å². The molecule has 8 heteroatoms. The fourth-order valence-corrected chi connectivity index (χ4v) is 3.77. The summed E-state index contributed by atoms with van der Waals surface area (Å²) in [7, 11) is 1.63. The van der Waals surface area contributed by atoms with Gasteiger partial charge in [0.05, 0.1) is 20.3 Å². The van der Waals surface area contributed by atoms with Gasteiger partial charge in [0.25, 0.3) is 5.56 Å². The zero-order valence-corrected chi connectivity index (χ0v) is 16.1. The third-order valence-electron chi connectivity index (χ3n) is 5.45. The van der Waals surface area contributed by atoms with E-state index in [2.05, 4.69) is 9.88 Å². The van der Waals surface area contributed by atoms with Crippen LogP contribution in [0.2, 0.25) is 0 Å². The SMILES string of the molecule is COc1ccc2[nH]c(=O)c(CN3CCN(C(=O)N4CCOCC4)CC3)cc2c1. The third kappa shape index (κ3) is 3.98. The lowest BCUT2D eigenvalue weighted by molar-refractivity contribution is 0.0373. The van der Waals surface area contributed by atoms with Crippen molar-refractivity contribution in [3.63, 3.8) is 0 Å². The Morgan fingerprint density at radius 3 is 2.50 bits per heavy atom. The highest BCUT2D eigenvalue weighted by molar-refractivity contribution is 5.80. The van der Waals surface area contributed by atoms with E-state index in [1.807, 2.05) is 34.1 Å². The minimum absolute atomic E-state index is 0.0653. The van der Waals surface area contributed by atoms with E-state index in [1.54, 1.807) is 7.11 Å². The number of pyridine rings is 1. The summed E-state index contributed by atoms with van der Waals surface area (Å²) < 4.78 is 10.6. The van der Waals surface area contributed by atoms with E-state index in [-0.39, 0.29) is 11.6 Å². The first-order valence-electron chi connectivity index (χ1n) is 9.68. The number of ether oxygens (including phenoxy) is 2. The average Bonchev–Trinajstić information content (AvgIpc) is 2.74. The number of carbonyl (C=O) groups is 1. The standard InChI is InChI=1S/C20H26N4O4/c1-27-17-2-3-18-15(13-17)12-16(19(25)21-18)14-22-4-6-23(7-5-22)20(26)24-8-10-28-11-9-24/h2-3,12-13H,4-11,14H2,1H3,(H,21,25). The number of nitrogens with zero attached hydrogens (tertiary/aromatic N) is 3. The summed E-state index contributed by atoms with van der Waals surface area (Å²) in [5, 5.41) is 0.954. The lowest BCUT2D eigenvalue weighted by Crippen LogP contribution is -2.54. The molecule has 4 rings (SSSR count). The smallest absolute Gasteiger partial charge is 0.320 e. The molecule has 1 N–H and O–H groups in total. The molecule has 2 aliphatic heterocycles. The minimum atomic E-state index is -0.0653. The highest BCUT2D eigenvalue weighted by atomic mass is 16.5. The van der Waals surface area contributed by atoms with E-state index >= 15 is 0 Å². The lowest BCUT2D eigenvalue weighted by atomic mass is 10.1. The van der Waals surface area contributed by atoms with Gasteiger partial charge in [0.15, 0.2) is 0 Å². The number of H-pyrrole nitrogens is 1. The summed E-state index contributed by atoms with van der Waals surface area (Å²) in [6.07, 6.45) is 0. The average molecular weight is 386 g/mol. The zero-order valence-electron chi connectivity index (χ0n) is 16.1. The molecule has 2 aliphatic rings. The van der Waals surface area contributed by atoms with Crippen molar-refractivity contribution in [3.8, 4) is 5.75 Å². The van der Waals surface area contributed by atoms with Crippen LogP contribution in [0, 0.1) is 0 Å². The molecule has 1 aromatic heterocycles. The molecule has 0 atom stereocenters. The Bertz CT molecular complexity index is 899. The monoisotopic (exact) mass is 386 g/mol. The number of aromatic amines is 1. The number of nitrogens with one attached hydrogen (secondary N) is 1.